The molecule has 92 valence electrons. The molecule has 1 aromatic rings. The third-order valence-electron chi connectivity index (χ3n) is 3.19. The minimum absolute atomic E-state index is 0.239. The maximum Gasteiger partial charge on any atom is 0.0201 e. The monoisotopic (exact) mass is 229 g/mol. The quantitative estimate of drug-likeness (QED) is 0.811. The average molecular weight is 229 g/mol. The predicted octanol–water partition coefficient (Wildman–Crippen LogP) is 3.88. The van der Waals surface area contributed by atoms with Crippen LogP contribution in [0.1, 0.15) is 51.3 Å². The smallest absolute Gasteiger partial charge is 0.0201 e. The minimum Gasteiger partial charge on any atom is -0.386 e. The molecule has 0 aromatic heterocycles. The van der Waals surface area contributed by atoms with Crippen LogP contribution in [0.5, 0.6) is 0 Å². The van der Waals surface area contributed by atoms with Gasteiger partial charge in [0.25, 0.3) is 0 Å². The highest BCUT2D eigenvalue weighted by Crippen LogP contribution is 2.29. The Labute approximate surface area is 105 Å². The Morgan fingerprint density at radius 1 is 1.18 bits per heavy atom. The minimum atomic E-state index is 0.239. The first-order chi connectivity index (χ1) is 7.86. The maximum atomic E-state index is 3.51. The van der Waals surface area contributed by atoms with E-state index >= 15 is 0 Å². The molecule has 0 amide bonds. The molecule has 0 radical (unpaired) electrons. The highest BCUT2D eigenvalue weighted by molar-refractivity contribution is 5.64. The third-order valence-corrected chi connectivity index (χ3v) is 3.19. The normalized spacial score (nSPS) is 14.8. The van der Waals surface area contributed by atoms with E-state index in [1.807, 2.05) is 0 Å². The molecule has 1 nitrogen and oxygen atoms in total. The van der Waals surface area contributed by atoms with Crippen LogP contribution in [0.4, 0.5) is 0 Å². The number of benzene rings is 1. The van der Waals surface area contributed by atoms with Gasteiger partial charge in [-0.3, -0.25) is 0 Å². The Morgan fingerprint density at radius 3 is 2.47 bits per heavy atom. The van der Waals surface area contributed by atoms with Gasteiger partial charge in [-0.25, -0.2) is 0 Å². The molecule has 0 atom stereocenters. The standard InChI is InChI=1S/C16H23N/c1-11(2)17-15-9-12-6-7-14(16(3,4)5)8-13(12)10-15/h6-9,11,17H,10H2,1-5H3. The highest BCUT2D eigenvalue weighted by atomic mass is 14.9. The summed E-state index contributed by atoms with van der Waals surface area (Å²) in [6, 6.07) is 7.39. The van der Waals surface area contributed by atoms with Crippen molar-refractivity contribution in [1.29, 1.82) is 0 Å². The van der Waals surface area contributed by atoms with Crippen molar-refractivity contribution >= 4 is 6.08 Å². The second-order valence-corrected chi connectivity index (χ2v) is 6.31. The Bertz CT molecular complexity index is 447. The SMILES string of the molecule is CC(C)NC1=Cc2ccc(C(C)(C)C)cc2C1. The van der Waals surface area contributed by atoms with Crippen molar-refractivity contribution in [1.82, 2.24) is 5.32 Å². The van der Waals surface area contributed by atoms with E-state index in [0.717, 1.165) is 6.42 Å². The molecular weight excluding hydrogens is 206 g/mol. The fraction of sp³-hybridized carbons (Fsp3) is 0.500. The van der Waals surface area contributed by atoms with Crippen molar-refractivity contribution in [3.05, 3.63) is 40.6 Å². The van der Waals surface area contributed by atoms with E-state index in [2.05, 4.69) is 64.2 Å². The topological polar surface area (TPSA) is 12.0 Å². The molecule has 0 fully saturated rings. The largest absolute Gasteiger partial charge is 0.386 e. The van der Waals surface area contributed by atoms with Gasteiger partial charge in [0.15, 0.2) is 0 Å². The van der Waals surface area contributed by atoms with Crippen LogP contribution in [0.3, 0.4) is 0 Å². The van der Waals surface area contributed by atoms with Gasteiger partial charge in [0.1, 0.15) is 0 Å². The van der Waals surface area contributed by atoms with Crippen molar-refractivity contribution in [3.63, 3.8) is 0 Å². The molecule has 0 saturated carbocycles. The van der Waals surface area contributed by atoms with Crippen LogP contribution in [0.25, 0.3) is 6.08 Å². The summed E-state index contributed by atoms with van der Waals surface area (Å²) in [6.07, 6.45) is 3.33. The summed E-state index contributed by atoms with van der Waals surface area (Å²) < 4.78 is 0. The van der Waals surface area contributed by atoms with Crippen LogP contribution in [-0.4, -0.2) is 6.04 Å². The van der Waals surface area contributed by atoms with Crippen molar-refractivity contribution in [2.75, 3.05) is 0 Å². The van der Waals surface area contributed by atoms with Crippen molar-refractivity contribution in [2.24, 2.45) is 0 Å². The lowest BCUT2D eigenvalue weighted by Gasteiger charge is -2.20. The van der Waals surface area contributed by atoms with Crippen molar-refractivity contribution < 1.29 is 0 Å². The number of rotatable bonds is 2. The maximum absolute atomic E-state index is 3.51. The Morgan fingerprint density at radius 2 is 1.88 bits per heavy atom. The van der Waals surface area contributed by atoms with Gasteiger partial charge < -0.3 is 5.32 Å². The van der Waals surface area contributed by atoms with Crippen LogP contribution >= 0.6 is 0 Å². The Balaban J connectivity index is 2.22. The fourth-order valence-corrected chi connectivity index (χ4v) is 2.27. The second kappa shape index (κ2) is 4.21. The van der Waals surface area contributed by atoms with E-state index in [1.54, 1.807) is 0 Å². The van der Waals surface area contributed by atoms with Crippen LogP contribution in [0.2, 0.25) is 0 Å². The van der Waals surface area contributed by atoms with Crippen LogP contribution < -0.4 is 5.32 Å². The van der Waals surface area contributed by atoms with Gasteiger partial charge in [0, 0.05) is 18.2 Å². The van der Waals surface area contributed by atoms with Gasteiger partial charge in [0.2, 0.25) is 0 Å². The molecular formula is C16H23N. The summed E-state index contributed by atoms with van der Waals surface area (Å²) in [4.78, 5) is 0. The molecule has 0 saturated heterocycles. The van der Waals surface area contributed by atoms with E-state index in [9.17, 15) is 0 Å². The molecule has 0 unspecified atom stereocenters. The Kier molecular flexibility index (Phi) is 3.03. The number of hydrogen-bond acceptors (Lipinski definition) is 1. The van der Waals surface area contributed by atoms with Crippen LogP contribution in [0, 0.1) is 0 Å². The molecule has 1 aliphatic rings. The zero-order chi connectivity index (χ0) is 12.6. The summed E-state index contributed by atoms with van der Waals surface area (Å²) in [7, 11) is 0. The molecule has 2 rings (SSSR count). The number of hydrogen-bond donors (Lipinski definition) is 1. The molecule has 0 bridgehead atoms. The second-order valence-electron chi connectivity index (χ2n) is 6.31. The van der Waals surface area contributed by atoms with Gasteiger partial charge in [0.05, 0.1) is 0 Å². The first-order valence-electron chi connectivity index (χ1n) is 6.47. The van der Waals surface area contributed by atoms with Crippen molar-refractivity contribution in [3.8, 4) is 0 Å². The van der Waals surface area contributed by atoms with Crippen LogP contribution in [0.15, 0.2) is 23.9 Å². The highest BCUT2D eigenvalue weighted by Gasteiger charge is 2.18. The number of allylic oxidation sites excluding steroid dienone is 1. The third kappa shape index (κ3) is 2.71. The molecule has 0 heterocycles. The van der Waals surface area contributed by atoms with E-state index in [1.165, 1.54) is 22.4 Å². The molecule has 0 spiro atoms. The van der Waals surface area contributed by atoms with Gasteiger partial charge in [-0.15, -0.1) is 0 Å². The first-order valence-corrected chi connectivity index (χ1v) is 6.47. The van der Waals surface area contributed by atoms with Gasteiger partial charge in [-0.1, -0.05) is 39.0 Å². The molecule has 0 aliphatic heterocycles. The lowest BCUT2D eigenvalue weighted by atomic mass is 9.85. The van der Waals surface area contributed by atoms with E-state index in [4.69, 9.17) is 0 Å². The summed E-state index contributed by atoms with van der Waals surface area (Å²) in [6.45, 7) is 11.2. The van der Waals surface area contributed by atoms with Crippen molar-refractivity contribution in [2.45, 2.75) is 52.5 Å². The molecule has 17 heavy (non-hydrogen) atoms. The average Bonchev–Trinajstić information content (AvgIpc) is 2.55. The molecule has 1 heteroatoms. The van der Waals surface area contributed by atoms with E-state index in [-0.39, 0.29) is 5.41 Å². The molecule has 1 aliphatic carbocycles. The summed E-state index contributed by atoms with van der Waals surface area (Å²) in [5.41, 5.74) is 5.85. The van der Waals surface area contributed by atoms with Gasteiger partial charge >= 0.3 is 0 Å². The zero-order valence-corrected chi connectivity index (χ0v) is 11.6. The first kappa shape index (κ1) is 12.2. The lowest BCUT2D eigenvalue weighted by molar-refractivity contribution is 0.589. The predicted molar refractivity (Wildman–Crippen MR) is 75.1 cm³/mol. The summed E-state index contributed by atoms with van der Waals surface area (Å²) in [5.74, 6) is 0. The van der Waals surface area contributed by atoms with Gasteiger partial charge in [-0.2, -0.15) is 0 Å². The number of fused-ring (bicyclic) bond motifs is 1. The summed E-state index contributed by atoms with van der Waals surface area (Å²) >= 11 is 0. The van der Waals surface area contributed by atoms with Gasteiger partial charge in [-0.05, 0) is 42.0 Å². The fourth-order valence-electron chi connectivity index (χ4n) is 2.27. The van der Waals surface area contributed by atoms with Crippen LogP contribution in [-0.2, 0) is 11.8 Å². The summed E-state index contributed by atoms with van der Waals surface area (Å²) in [5, 5.41) is 3.51. The number of nitrogens with one attached hydrogen (secondary N) is 1. The zero-order valence-electron chi connectivity index (χ0n) is 11.6. The molecule has 1 N–H and O–H groups in total. The lowest BCUT2D eigenvalue weighted by Crippen LogP contribution is -2.21. The molecule has 1 aromatic carbocycles. The van der Waals surface area contributed by atoms with E-state index in [0.29, 0.717) is 6.04 Å². The Hall–Kier alpha value is -1.24. The van der Waals surface area contributed by atoms with E-state index < -0.39 is 0 Å².